The summed E-state index contributed by atoms with van der Waals surface area (Å²) < 4.78 is 6.33. The molecule has 0 bridgehead atoms. The second-order valence-electron chi connectivity index (χ2n) is 9.08. The molecular formula is C26H33ClN2O2. The normalized spacial score (nSPS) is 22.7. The second-order valence-corrected chi connectivity index (χ2v) is 9.52. The molecule has 0 aromatic heterocycles. The number of carbonyl (C=O) groups is 1. The lowest BCUT2D eigenvalue weighted by molar-refractivity contribution is 0.0963. The van der Waals surface area contributed by atoms with Crippen molar-refractivity contribution in [3.63, 3.8) is 0 Å². The molecule has 2 aliphatic rings. The minimum absolute atomic E-state index is 0.0662. The van der Waals surface area contributed by atoms with Crippen LogP contribution in [-0.2, 0) is 6.42 Å². The molecule has 4 rings (SSSR count). The van der Waals surface area contributed by atoms with E-state index in [0.717, 1.165) is 48.3 Å². The van der Waals surface area contributed by atoms with E-state index in [2.05, 4.69) is 36.2 Å². The molecule has 1 amide bonds. The lowest BCUT2D eigenvalue weighted by Gasteiger charge is -2.39. The molecule has 0 saturated heterocycles. The SMILES string of the molecule is CCCc1cc(Cl)ccc1C1COc2ccc(C(=O)NC)cc2N(CC2CCC2C)C1. The number of rotatable bonds is 6. The molecule has 1 heterocycles. The molecule has 1 saturated carbocycles. The lowest BCUT2D eigenvalue weighted by atomic mass is 9.74. The summed E-state index contributed by atoms with van der Waals surface area (Å²) in [5, 5.41) is 3.53. The van der Waals surface area contributed by atoms with Gasteiger partial charge in [-0.05, 0) is 66.1 Å². The van der Waals surface area contributed by atoms with Crippen molar-refractivity contribution in [1.29, 1.82) is 0 Å². The van der Waals surface area contributed by atoms with Gasteiger partial charge in [-0.3, -0.25) is 4.79 Å². The first-order valence-electron chi connectivity index (χ1n) is 11.5. The van der Waals surface area contributed by atoms with Gasteiger partial charge in [-0.2, -0.15) is 0 Å². The highest BCUT2D eigenvalue weighted by molar-refractivity contribution is 6.30. The first-order valence-corrected chi connectivity index (χ1v) is 11.9. The number of carbonyl (C=O) groups excluding carboxylic acids is 1. The van der Waals surface area contributed by atoms with Crippen molar-refractivity contribution >= 4 is 23.2 Å². The Balaban J connectivity index is 1.69. The predicted molar refractivity (Wildman–Crippen MR) is 128 cm³/mol. The third-order valence-electron chi connectivity index (χ3n) is 6.99. The maximum atomic E-state index is 12.3. The third kappa shape index (κ3) is 4.69. The van der Waals surface area contributed by atoms with Crippen LogP contribution in [0, 0.1) is 11.8 Å². The van der Waals surface area contributed by atoms with Gasteiger partial charge >= 0.3 is 0 Å². The fourth-order valence-electron chi connectivity index (χ4n) is 4.89. The Hall–Kier alpha value is -2.20. The highest BCUT2D eigenvalue weighted by Crippen LogP contribution is 2.40. The Morgan fingerprint density at radius 1 is 1.23 bits per heavy atom. The second kappa shape index (κ2) is 9.52. The van der Waals surface area contributed by atoms with E-state index < -0.39 is 0 Å². The Kier molecular flexibility index (Phi) is 6.76. The summed E-state index contributed by atoms with van der Waals surface area (Å²) in [5.41, 5.74) is 4.36. The molecule has 1 aliphatic heterocycles. The highest BCUT2D eigenvalue weighted by Gasteiger charge is 2.32. The van der Waals surface area contributed by atoms with Crippen LogP contribution in [0.1, 0.15) is 60.5 Å². The van der Waals surface area contributed by atoms with Crippen molar-refractivity contribution in [3.8, 4) is 5.75 Å². The zero-order valence-electron chi connectivity index (χ0n) is 18.8. The Morgan fingerprint density at radius 2 is 2.06 bits per heavy atom. The van der Waals surface area contributed by atoms with Crippen LogP contribution in [0.4, 0.5) is 5.69 Å². The number of nitrogens with zero attached hydrogens (tertiary/aromatic N) is 1. The topological polar surface area (TPSA) is 41.6 Å². The molecule has 0 spiro atoms. The molecule has 3 unspecified atom stereocenters. The molecule has 4 nitrogen and oxygen atoms in total. The summed E-state index contributed by atoms with van der Waals surface area (Å²) in [6.07, 6.45) is 4.68. The number of ether oxygens (including phenoxy) is 1. The molecule has 0 radical (unpaired) electrons. The highest BCUT2D eigenvalue weighted by atomic mass is 35.5. The van der Waals surface area contributed by atoms with Crippen LogP contribution in [0.15, 0.2) is 36.4 Å². The molecule has 31 heavy (non-hydrogen) atoms. The van der Waals surface area contributed by atoms with Gasteiger partial charge < -0.3 is 15.0 Å². The number of amides is 1. The molecule has 2 aromatic rings. The molecule has 1 fully saturated rings. The van der Waals surface area contributed by atoms with Crippen LogP contribution in [0.25, 0.3) is 0 Å². The Labute approximate surface area is 190 Å². The van der Waals surface area contributed by atoms with Crippen LogP contribution in [0.3, 0.4) is 0 Å². The number of benzene rings is 2. The van der Waals surface area contributed by atoms with Crippen LogP contribution in [0.2, 0.25) is 5.02 Å². The van der Waals surface area contributed by atoms with Gasteiger partial charge in [0, 0.05) is 36.6 Å². The van der Waals surface area contributed by atoms with Crippen molar-refractivity contribution in [2.75, 3.05) is 31.6 Å². The lowest BCUT2D eigenvalue weighted by Crippen LogP contribution is -2.39. The van der Waals surface area contributed by atoms with Crippen LogP contribution in [0.5, 0.6) is 5.75 Å². The number of hydrogen-bond donors (Lipinski definition) is 1. The number of hydrogen-bond acceptors (Lipinski definition) is 3. The van der Waals surface area contributed by atoms with E-state index in [1.165, 1.54) is 24.0 Å². The molecule has 1 N–H and O–H groups in total. The average molecular weight is 441 g/mol. The molecule has 5 heteroatoms. The number of fused-ring (bicyclic) bond motifs is 1. The van der Waals surface area contributed by atoms with Gasteiger partial charge in [0.25, 0.3) is 5.91 Å². The predicted octanol–water partition coefficient (Wildman–Crippen LogP) is 5.68. The first kappa shape index (κ1) is 22.0. The maximum Gasteiger partial charge on any atom is 0.251 e. The van der Waals surface area contributed by atoms with Crippen molar-refractivity contribution < 1.29 is 9.53 Å². The Bertz CT molecular complexity index is 945. The third-order valence-corrected chi connectivity index (χ3v) is 7.22. The minimum Gasteiger partial charge on any atom is -0.491 e. The summed E-state index contributed by atoms with van der Waals surface area (Å²) >= 11 is 6.32. The summed E-state index contributed by atoms with van der Waals surface area (Å²) in [6, 6.07) is 12.1. The summed E-state index contributed by atoms with van der Waals surface area (Å²) in [6.45, 7) is 7.06. The zero-order chi connectivity index (χ0) is 22.0. The maximum absolute atomic E-state index is 12.3. The van der Waals surface area contributed by atoms with Crippen molar-refractivity contribution in [3.05, 3.63) is 58.1 Å². The molecular weight excluding hydrogens is 408 g/mol. The molecule has 3 atom stereocenters. The van der Waals surface area contributed by atoms with Crippen molar-refractivity contribution in [2.24, 2.45) is 11.8 Å². The van der Waals surface area contributed by atoms with Crippen LogP contribution < -0.4 is 15.0 Å². The molecule has 166 valence electrons. The van der Waals surface area contributed by atoms with Gasteiger partial charge in [-0.25, -0.2) is 0 Å². The van der Waals surface area contributed by atoms with Gasteiger partial charge in [-0.15, -0.1) is 0 Å². The van der Waals surface area contributed by atoms with E-state index in [-0.39, 0.29) is 11.8 Å². The van der Waals surface area contributed by atoms with Crippen molar-refractivity contribution in [1.82, 2.24) is 5.32 Å². The Morgan fingerprint density at radius 3 is 2.74 bits per heavy atom. The van der Waals surface area contributed by atoms with Crippen molar-refractivity contribution in [2.45, 2.75) is 45.4 Å². The monoisotopic (exact) mass is 440 g/mol. The van der Waals surface area contributed by atoms with Gasteiger partial charge in [-0.1, -0.05) is 44.4 Å². The van der Waals surface area contributed by atoms with Gasteiger partial charge in [0.2, 0.25) is 0 Å². The minimum atomic E-state index is -0.0662. The van der Waals surface area contributed by atoms with Gasteiger partial charge in [0.1, 0.15) is 5.75 Å². The fraction of sp³-hybridized carbons (Fsp3) is 0.500. The standard InChI is InChI=1S/C26H33ClN2O2/c1-4-5-18-12-22(27)9-10-23(18)21-15-29(14-20-7-6-17(20)2)24-13-19(26(30)28-3)8-11-25(24)31-16-21/h8-13,17,20-21H,4-7,14-16H2,1-3H3,(H,28,30). The average Bonchev–Trinajstić information content (AvgIpc) is 2.95. The zero-order valence-corrected chi connectivity index (χ0v) is 19.5. The van der Waals surface area contributed by atoms with E-state index in [9.17, 15) is 4.79 Å². The molecule has 1 aliphatic carbocycles. The number of anilines is 1. The van der Waals surface area contributed by atoms with Gasteiger partial charge in [0.05, 0.1) is 12.3 Å². The number of nitrogens with one attached hydrogen (secondary N) is 1. The summed E-state index contributed by atoms with van der Waals surface area (Å²) in [4.78, 5) is 14.7. The van der Waals surface area contributed by atoms with Gasteiger partial charge in [0.15, 0.2) is 0 Å². The smallest absolute Gasteiger partial charge is 0.251 e. The van der Waals surface area contributed by atoms with Crippen LogP contribution in [-0.4, -0.2) is 32.7 Å². The van der Waals surface area contributed by atoms with E-state index in [1.807, 2.05) is 24.3 Å². The van der Waals surface area contributed by atoms with E-state index >= 15 is 0 Å². The largest absolute Gasteiger partial charge is 0.491 e. The summed E-state index contributed by atoms with van der Waals surface area (Å²) in [5.74, 6) is 2.50. The van der Waals surface area contributed by atoms with E-state index in [4.69, 9.17) is 16.3 Å². The number of aryl methyl sites for hydroxylation is 1. The van der Waals surface area contributed by atoms with Crippen LogP contribution >= 0.6 is 11.6 Å². The first-order chi connectivity index (χ1) is 15.0. The quantitative estimate of drug-likeness (QED) is 0.628. The summed E-state index contributed by atoms with van der Waals surface area (Å²) in [7, 11) is 1.67. The molecule has 2 aromatic carbocycles. The van der Waals surface area contributed by atoms with E-state index in [0.29, 0.717) is 18.1 Å². The number of halogens is 1. The fourth-order valence-corrected chi connectivity index (χ4v) is 5.08. The van der Waals surface area contributed by atoms with E-state index in [1.54, 1.807) is 7.05 Å².